The van der Waals surface area contributed by atoms with Crippen molar-refractivity contribution in [2.75, 3.05) is 0 Å². The molecule has 0 atom stereocenters. The van der Waals surface area contributed by atoms with Gasteiger partial charge in [0.15, 0.2) is 0 Å². The predicted molar refractivity (Wildman–Crippen MR) is 84.8 cm³/mol. The molecule has 0 radical (unpaired) electrons. The first-order valence-corrected chi connectivity index (χ1v) is 7.64. The van der Waals surface area contributed by atoms with Gasteiger partial charge in [0, 0.05) is 35.1 Å². The second-order valence-electron chi connectivity index (χ2n) is 5.06. The van der Waals surface area contributed by atoms with Crippen LogP contribution in [0.2, 0.25) is 0 Å². The molecule has 3 rings (SSSR count). The molecule has 3 nitrogen and oxygen atoms in total. The summed E-state index contributed by atoms with van der Waals surface area (Å²) in [5, 5.41) is 7.74. The quantitative estimate of drug-likeness (QED) is 0.790. The molecule has 0 aliphatic heterocycles. The minimum absolute atomic E-state index is 0.474. The first kappa shape index (κ1) is 13.2. The van der Waals surface area contributed by atoms with Gasteiger partial charge in [-0.3, -0.25) is 4.98 Å². The fraction of sp³-hybridized carbons (Fsp3) is 0.250. The summed E-state index contributed by atoms with van der Waals surface area (Å²) in [4.78, 5) is 9.13. The number of hydrogen-bond donors (Lipinski definition) is 1. The summed E-state index contributed by atoms with van der Waals surface area (Å²) < 4.78 is 0. The molecule has 1 aromatic carbocycles. The van der Waals surface area contributed by atoms with Gasteiger partial charge in [-0.25, -0.2) is 4.98 Å². The third kappa shape index (κ3) is 2.71. The molecule has 2 aromatic heterocycles. The van der Waals surface area contributed by atoms with Gasteiger partial charge >= 0.3 is 0 Å². The number of fused-ring (bicyclic) bond motifs is 1. The van der Waals surface area contributed by atoms with E-state index in [1.165, 1.54) is 0 Å². The number of nitrogens with zero attached hydrogens (tertiary/aromatic N) is 2. The molecule has 0 saturated carbocycles. The summed E-state index contributed by atoms with van der Waals surface area (Å²) in [6.07, 6.45) is 1.85. The number of para-hydroxylation sites is 1. The van der Waals surface area contributed by atoms with E-state index in [1.54, 1.807) is 11.3 Å². The zero-order valence-corrected chi connectivity index (χ0v) is 12.4. The van der Waals surface area contributed by atoms with E-state index in [0.29, 0.717) is 6.04 Å². The smallest absolute Gasteiger partial charge is 0.124 e. The maximum absolute atomic E-state index is 4.73. The third-order valence-corrected chi connectivity index (χ3v) is 4.05. The van der Waals surface area contributed by atoms with Crippen LogP contribution in [0.15, 0.2) is 41.9 Å². The Balaban J connectivity index is 1.95. The molecule has 0 unspecified atom stereocenters. The monoisotopic (exact) mass is 283 g/mol. The summed E-state index contributed by atoms with van der Waals surface area (Å²) >= 11 is 1.69. The van der Waals surface area contributed by atoms with E-state index in [1.807, 2.05) is 30.5 Å². The molecule has 0 spiro atoms. The fourth-order valence-electron chi connectivity index (χ4n) is 2.10. The Hall–Kier alpha value is -1.78. The van der Waals surface area contributed by atoms with Crippen molar-refractivity contribution in [3.63, 3.8) is 0 Å². The summed E-state index contributed by atoms with van der Waals surface area (Å²) in [6, 6.07) is 10.7. The summed E-state index contributed by atoms with van der Waals surface area (Å²) in [7, 11) is 0. The molecule has 0 saturated heterocycles. The lowest BCUT2D eigenvalue weighted by atomic mass is 10.1. The van der Waals surface area contributed by atoms with Crippen LogP contribution in [-0.2, 0) is 6.54 Å². The zero-order chi connectivity index (χ0) is 13.9. The van der Waals surface area contributed by atoms with Crippen molar-refractivity contribution >= 4 is 22.2 Å². The van der Waals surface area contributed by atoms with E-state index in [4.69, 9.17) is 4.98 Å². The Bertz CT molecular complexity index is 713. The second kappa shape index (κ2) is 5.69. The highest BCUT2D eigenvalue weighted by molar-refractivity contribution is 7.13. The third-order valence-electron chi connectivity index (χ3n) is 3.12. The molecule has 0 amide bonds. The van der Waals surface area contributed by atoms with E-state index < -0.39 is 0 Å². The number of aromatic nitrogens is 2. The summed E-state index contributed by atoms with van der Waals surface area (Å²) in [5.41, 5.74) is 3.28. The normalized spacial score (nSPS) is 11.3. The summed E-state index contributed by atoms with van der Waals surface area (Å²) in [5.74, 6) is 0. The lowest BCUT2D eigenvalue weighted by molar-refractivity contribution is 0.583. The van der Waals surface area contributed by atoms with Crippen LogP contribution in [0.5, 0.6) is 0 Å². The minimum Gasteiger partial charge on any atom is -0.309 e. The highest BCUT2D eigenvalue weighted by Crippen LogP contribution is 2.29. The molecule has 0 fully saturated rings. The van der Waals surface area contributed by atoms with Crippen LogP contribution in [0.3, 0.4) is 0 Å². The molecular formula is C16H17N3S. The predicted octanol–water partition coefficient (Wildman–Crippen LogP) is 3.86. The number of hydrogen-bond acceptors (Lipinski definition) is 4. The average molecular weight is 283 g/mol. The number of pyridine rings is 1. The topological polar surface area (TPSA) is 37.8 Å². The van der Waals surface area contributed by atoms with Crippen molar-refractivity contribution in [1.82, 2.24) is 15.3 Å². The van der Waals surface area contributed by atoms with E-state index in [2.05, 4.69) is 35.6 Å². The van der Waals surface area contributed by atoms with Crippen LogP contribution in [0, 0.1) is 0 Å². The Morgan fingerprint density at radius 2 is 2.05 bits per heavy atom. The zero-order valence-electron chi connectivity index (χ0n) is 11.6. The van der Waals surface area contributed by atoms with Gasteiger partial charge in [-0.05, 0) is 12.1 Å². The first-order valence-electron chi connectivity index (χ1n) is 6.76. The number of benzene rings is 1. The molecule has 0 bridgehead atoms. The Morgan fingerprint density at radius 1 is 1.20 bits per heavy atom. The standard InChI is InChI=1S/C16H17N3S/c1-11(2)18-9-12-10-20-16(19-12)14-7-8-17-15-6-4-3-5-13(14)15/h3-8,10-11,18H,9H2,1-2H3. The number of rotatable bonds is 4. The molecule has 3 aromatic rings. The lowest BCUT2D eigenvalue weighted by Crippen LogP contribution is -2.21. The van der Waals surface area contributed by atoms with E-state index in [0.717, 1.165) is 33.7 Å². The molecule has 2 heterocycles. The summed E-state index contributed by atoms with van der Waals surface area (Å²) in [6.45, 7) is 5.10. The Morgan fingerprint density at radius 3 is 2.90 bits per heavy atom. The van der Waals surface area contributed by atoms with Crippen molar-refractivity contribution in [3.8, 4) is 10.6 Å². The average Bonchev–Trinajstić information content (AvgIpc) is 2.93. The largest absolute Gasteiger partial charge is 0.309 e. The molecule has 0 aliphatic rings. The Kier molecular flexibility index (Phi) is 3.76. The van der Waals surface area contributed by atoms with Crippen LogP contribution in [0.4, 0.5) is 0 Å². The SMILES string of the molecule is CC(C)NCc1csc(-c2ccnc3ccccc23)n1. The molecule has 102 valence electrons. The van der Waals surface area contributed by atoms with Crippen molar-refractivity contribution in [2.45, 2.75) is 26.4 Å². The van der Waals surface area contributed by atoms with Gasteiger partial charge in [0.05, 0.1) is 11.2 Å². The Labute approximate surface area is 122 Å². The van der Waals surface area contributed by atoms with Gasteiger partial charge in [0.25, 0.3) is 0 Å². The highest BCUT2D eigenvalue weighted by atomic mass is 32.1. The number of nitrogens with one attached hydrogen (secondary N) is 1. The van der Waals surface area contributed by atoms with Crippen LogP contribution < -0.4 is 5.32 Å². The van der Waals surface area contributed by atoms with Gasteiger partial charge in [0.2, 0.25) is 0 Å². The van der Waals surface area contributed by atoms with Crippen LogP contribution in [0.25, 0.3) is 21.5 Å². The van der Waals surface area contributed by atoms with Gasteiger partial charge in [-0.1, -0.05) is 32.0 Å². The van der Waals surface area contributed by atoms with Crippen molar-refractivity contribution in [1.29, 1.82) is 0 Å². The minimum atomic E-state index is 0.474. The highest BCUT2D eigenvalue weighted by Gasteiger charge is 2.08. The molecular weight excluding hydrogens is 266 g/mol. The lowest BCUT2D eigenvalue weighted by Gasteiger charge is -2.05. The maximum Gasteiger partial charge on any atom is 0.124 e. The van der Waals surface area contributed by atoms with Crippen LogP contribution >= 0.6 is 11.3 Å². The van der Waals surface area contributed by atoms with Crippen LogP contribution in [0.1, 0.15) is 19.5 Å². The van der Waals surface area contributed by atoms with Crippen molar-refractivity contribution in [3.05, 3.63) is 47.6 Å². The molecule has 4 heteroatoms. The van der Waals surface area contributed by atoms with Gasteiger partial charge in [-0.2, -0.15) is 0 Å². The molecule has 0 aliphatic carbocycles. The van der Waals surface area contributed by atoms with E-state index >= 15 is 0 Å². The maximum atomic E-state index is 4.73. The first-order chi connectivity index (χ1) is 9.74. The molecule has 1 N–H and O–H groups in total. The number of thiazole rings is 1. The fourth-order valence-corrected chi connectivity index (χ4v) is 2.96. The van der Waals surface area contributed by atoms with Crippen molar-refractivity contribution in [2.24, 2.45) is 0 Å². The van der Waals surface area contributed by atoms with Crippen molar-refractivity contribution < 1.29 is 0 Å². The molecule has 20 heavy (non-hydrogen) atoms. The van der Waals surface area contributed by atoms with E-state index in [-0.39, 0.29) is 0 Å². The van der Waals surface area contributed by atoms with Gasteiger partial charge in [-0.15, -0.1) is 11.3 Å². The van der Waals surface area contributed by atoms with Crippen LogP contribution in [-0.4, -0.2) is 16.0 Å². The van der Waals surface area contributed by atoms with E-state index in [9.17, 15) is 0 Å². The van der Waals surface area contributed by atoms with Gasteiger partial charge < -0.3 is 5.32 Å². The van der Waals surface area contributed by atoms with Gasteiger partial charge in [0.1, 0.15) is 5.01 Å². The second-order valence-corrected chi connectivity index (χ2v) is 5.91.